The maximum atomic E-state index is 4.52. The fourth-order valence-electron chi connectivity index (χ4n) is 3.50. The number of hydrogen-bond donors (Lipinski definition) is 0. The van der Waals surface area contributed by atoms with Crippen molar-refractivity contribution < 1.29 is 0 Å². The van der Waals surface area contributed by atoms with E-state index in [9.17, 15) is 0 Å². The van der Waals surface area contributed by atoms with E-state index in [0.717, 1.165) is 43.3 Å². The van der Waals surface area contributed by atoms with E-state index in [1.807, 2.05) is 35.4 Å². The largest absolute Gasteiger partial charge is 0.295 e. The lowest BCUT2D eigenvalue weighted by Gasteiger charge is -2.16. The van der Waals surface area contributed by atoms with Crippen LogP contribution in [0, 0.1) is 0 Å². The van der Waals surface area contributed by atoms with Crippen LogP contribution in [0.25, 0.3) is 11.3 Å². The molecule has 4 heterocycles. The smallest absolute Gasteiger partial charge is 0.140 e. The summed E-state index contributed by atoms with van der Waals surface area (Å²) in [6.07, 6.45) is 8.35. The Bertz CT molecular complexity index is 829. The van der Waals surface area contributed by atoms with Crippen molar-refractivity contribution >= 4 is 0 Å². The fourth-order valence-corrected chi connectivity index (χ4v) is 3.50. The van der Waals surface area contributed by atoms with Gasteiger partial charge in [-0.15, -0.1) is 0 Å². The van der Waals surface area contributed by atoms with Crippen LogP contribution in [0.15, 0.2) is 49.2 Å². The average molecular weight is 334 g/mol. The van der Waals surface area contributed by atoms with Gasteiger partial charge < -0.3 is 0 Å². The van der Waals surface area contributed by atoms with Crippen LogP contribution in [-0.4, -0.2) is 42.7 Å². The fraction of sp³-hybridized carbons (Fsp3) is 0.368. The highest BCUT2D eigenvalue weighted by molar-refractivity contribution is 5.59. The minimum absolute atomic E-state index is 0.543. The molecule has 0 aromatic carbocycles. The predicted molar refractivity (Wildman–Crippen MR) is 95.8 cm³/mol. The second kappa shape index (κ2) is 7.11. The minimum atomic E-state index is 0.543. The zero-order valence-electron chi connectivity index (χ0n) is 14.4. The number of pyridine rings is 2. The van der Waals surface area contributed by atoms with E-state index >= 15 is 0 Å². The Kier molecular flexibility index (Phi) is 4.52. The summed E-state index contributed by atoms with van der Waals surface area (Å²) in [6.45, 7) is 5.98. The first-order valence-electron chi connectivity index (χ1n) is 8.79. The van der Waals surface area contributed by atoms with Crippen molar-refractivity contribution in [1.82, 2.24) is 29.6 Å². The molecule has 25 heavy (non-hydrogen) atoms. The molecule has 3 aromatic heterocycles. The molecular formula is C19H22N6. The molecule has 6 heteroatoms. The number of aryl methyl sites for hydroxylation is 1. The van der Waals surface area contributed by atoms with E-state index in [4.69, 9.17) is 0 Å². The maximum absolute atomic E-state index is 4.52. The molecule has 0 radical (unpaired) electrons. The summed E-state index contributed by atoms with van der Waals surface area (Å²) < 4.78 is 1.97. The summed E-state index contributed by atoms with van der Waals surface area (Å²) in [5.41, 5.74) is 3.49. The Morgan fingerprint density at radius 3 is 2.84 bits per heavy atom. The number of rotatable bonds is 5. The highest BCUT2D eigenvalue weighted by Crippen LogP contribution is 2.29. The number of aromatic nitrogens is 5. The van der Waals surface area contributed by atoms with Gasteiger partial charge in [-0.1, -0.05) is 0 Å². The molecule has 1 atom stereocenters. The molecule has 1 unspecified atom stereocenters. The molecule has 128 valence electrons. The lowest BCUT2D eigenvalue weighted by Crippen LogP contribution is -2.22. The van der Waals surface area contributed by atoms with Crippen LogP contribution >= 0.6 is 0 Å². The highest BCUT2D eigenvalue weighted by Gasteiger charge is 2.25. The molecule has 0 saturated carbocycles. The SMILES string of the molecule is CCn1ncnc1CN1CCC(c2ccnc(-c3ccncc3)c2)C1. The van der Waals surface area contributed by atoms with Crippen molar-refractivity contribution in [3.63, 3.8) is 0 Å². The van der Waals surface area contributed by atoms with E-state index < -0.39 is 0 Å². The molecule has 0 bridgehead atoms. The van der Waals surface area contributed by atoms with Crippen molar-refractivity contribution in [2.24, 2.45) is 0 Å². The van der Waals surface area contributed by atoms with Crippen molar-refractivity contribution in [2.75, 3.05) is 13.1 Å². The van der Waals surface area contributed by atoms with Gasteiger partial charge in [0.15, 0.2) is 0 Å². The summed E-state index contributed by atoms with van der Waals surface area (Å²) in [5, 5.41) is 4.26. The predicted octanol–water partition coefficient (Wildman–Crippen LogP) is 2.74. The lowest BCUT2D eigenvalue weighted by atomic mass is 9.98. The van der Waals surface area contributed by atoms with E-state index in [2.05, 4.69) is 44.0 Å². The number of nitrogens with zero attached hydrogens (tertiary/aromatic N) is 6. The molecule has 6 nitrogen and oxygen atoms in total. The van der Waals surface area contributed by atoms with Crippen LogP contribution in [0.3, 0.4) is 0 Å². The van der Waals surface area contributed by atoms with Crippen LogP contribution in [0.4, 0.5) is 0 Å². The van der Waals surface area contributed by atoms with Gasteiger partial charge in [-0.25, -0.2) is 9.67 Å². The number of hydrogen-bond acceptors (Lipinski definition) is 5. The summed E-state index contributed by atoms with van der Waals surface area (Å²) in [7, 11) is 0. The second-order valence-electron chi connectivity index (χ2n) is 6.42. The summed E-state index contributed by atoms with van der Waals surface area (Å²) in [4.78, 5) is 15.5. The first-order valence-corrected chi connectivity index (χ1v) is 8.79. The van der Waals surface area contributed by atoms with E-state index in [-0.39, 0.29) is 0 Å². The van der Waals surface area contributed by atoms with Gasteiger partial charge in [0, 0.05) is 37.2 Å². The van der Waals surface area contributed by atoms with Gasteiger partial charge in [-0.3, -0.25) is 14.9 Å². The molecule has 0 N–H and O–H groups in total. The highest BCUT2D eigenvalue weighted by atomic mass is 15.3. The Morgan fingerprint density at radius 2 is 2.00 bits per heavy atom. The standard InChI is InChI=1S/C19H22N6/c1-2-25-19(22-14-23-25)13-24-10-6-17(12-24)16-5-9-21-18(11-16)15-3-7-20-8-4-15/h3-5,7-9,11,14,17H,2,6,10,12-13H2,1H3. The second-order valence-corrected chi connectivity index (χ2v) is 6.42. The number of likely N-dealkylation sites (tertiary alicyclic amines) is 1. The van der Waals surface area contributed by atoms with Crippen LogP contribution in [0.1, 0.15) is 30.7 Å². The van der Waals surface area contributed by atoms with Gasteiger partial charge >= 0.3 is 0 Å². The Labute approximate surface area is 147 Å². The average Bonchev–Trinajstić information content (AvgIpc) is 3.32. The molecule has 1 aliphatic rings. The maximum Gasteiger partial charge on any atom is 0.140 e. The van der Waals surface area contributed by atoms with Gasteiger partial charge in [0.1, 0.15) is 12.2 Å². The quantitative estimate of drug-likeness (QED) is 0.718. The van der Waals surface area contributed by atoms with Crippen molar-refractivity contribution in [2.45, 2.75) is 32.4 Å². The molecular weight excluding hydrogens is 312 g/mol. The Hall–Kier alpha value is -2.60. The van der Waals surface area contributed by atoms with Gasteiger partial charge in [0.25, 0.3) is 0 Å². The molecule has 1 saturated heterocycles. The molecule has 0 spiro atoms. The van der Waals surface area contributed by atoms with Gasteiger partial charge in [0.2, 0.25) is 0 Å². The summed E-state index contributed by atoms with van der Waals surface area (Å²) in [6, 6.07) is 8.38. The Balaban J connectivity index is 1.47. The lowest BCUT2D eigenvalue weighted by molar-refractivity contribution is 0.310. The molecule has 0 aliphatic carbocycles. The van der Waals surface area contributed by atoms with Crippen LogP contribution in [-0.2, 0) is 13.1 Å². The first-order chi connectivity index (χ1) is 12.3. The minimum Gasteiger partial charge on any atom is -0.295 e. The normalized spacial score (nSPS) is 17.9. The van der Waals surface area contributed by atoms with Gasteiger partial charge in [-0.05, 0) is 55.6 Å². The van der Waals surface area contributed by atoms with Crippen molar-refractivity contribution in [3.05, 3.63) is 60.6 Å². The van der Waals surface area contributed by atoms with Crippen LogP contribution in [0.5, 0.6) is 0 Å². The van der Waals surface area contributed by atoms with E-state index in [0.29, 0.717) is 5.92 Å². The zero-order chi connectivity index (χ0) is 17.1. The van der Waals surface area contributed by atoms with E-state index in [1.165, 1.54) is 12.0 Å². The summed E-state index contributed by atoms with van der Waals surface area (Å²) >= 11 is 0. The van der Waals surface area contributed by atoms with Crippen LogP contribution < -0.4 is 0 Å². The molecule has 1 aliphatic heterocycles. The van der Waals surface area contributed by atoms with Gasteiger partial charge in [-0.2, -0.15) is 5.10 Å². The van der Waals surface area contributed by atoms with Gasteiger partial charge in [0.05, 0.1) is 12.2 Å². The topological polar surface area (TPSA) is 59.7 Å². The summed E-state index contributed by atoms with van der Waals surface area (Å²) in [5.74, 6) is 1.59. The van der Waals surface area contributed by atoms with Crippen LogP contribution in [0.2, 0.25) is 0 Å². The monoisotopic (exact) mass is 334 g/mol. The molecule has 0 amide bonds. The third kappa shape index (κ3) is 3.44. The van der Waals surface area contributed by atoms with E-state index in [1.54, 1.807) is 6.33 Å². The molecule has 3 aromatic rings. The van der Waals surface area contributed by atoms with Crippen molar-refractivity contribution in [3.8, 4) is 11.3 Å². The molecule has 1 fully saturated rings. The van der Waals surface area contributed by atoms with Crippen molar-refractivity contribution in [1.29, 1.82) is 0 Å². The third-order valence-electron chi connectivity index (χ3n) is 4.86. The zero-order valence-corrected chi connectivity index (χ0v) is 14.4. The Morgan fingerprint density at radius 1 is 1.12 bits per heavy atom. The third-order valence-corrected chi connectivity index (χ3v) is 4.86. The first kappa shape index (κ1) is 15.9. The molecule has 4 rings (SSSR count).